The number of hydrogen-bond acceptors (Lipinski definition) is 4. The van der Waals surface area contributed by atoms with Crippen LogP contribution in [-0.2, 0) is 17.6 Å². The van der Waals surface area contributed by atoms with Gasteiger partial charge in [-0.05, 0) is 67.0 Å². The molecule has 1 aliphatic rings. The first-order valence-electron chi connectivity index (χ1n) is 9.76. The number of aryl methyl sites for hydroxylation is 2. The molecule has 1 aromatic carbocycles. The summed E-state index contributed by atoms with van der Waals surface area (Å²) in [6.07, 6.45) is 8.07. The molecule has 150 valence electrons. The maximum atomic E-state index is 11.2. The molecule has 6 heteroatoms. The van der Waals surface area contributed by atoms with E-state index in [-0.39, 0.29) is 6.61 Å². The number of nitrogens with zero attached hydrogens (tertiary/aromatic N) is 1. The number of benzene rings is 1. The molecule has 0 bridgehead atoms. The second-order valence-corrected chi connectivity index (χ2v) is 7.40. The summed E-state index contributed by atoms with van der Waals surface area (Å²) in [6.45, 7) is 5.95. The van der Waals surface area contributed by atoms with Gasteiger partial charge in [0.05, 0.1) is 6.61 Å². The topological polar surface area (TPSA) is 88.6 Å². The van der Waals surface area contributed by atoms with Crippen molar-refractivity contribution in [3.05, 3.63) is 64.0 Å². The number of aromatic amines is 1. The number of nitrogens with one attached hydrogen (secondary N) is 2. The van der Waals surface area contributed by atoms with Crippen LogP contribution >= 0.6 is 0 Å². The van der Waals surface area contributed by atoms with Crippen LogP contribution in [0.5, 0.6) is 0 Å². The summed E-state index contributed by atoms with van der Waals surface area (Å²) in [4.78, 5) is 16.8. The first-order chi connectivity index (χ1) is 13.5. The van der Waals surface area contributed by atoms with E-state index in [1.807, 2.05) is 6.07 Å². The number of carbonyl (C=O) groups is 1. The van der Waals surface area contributed by atoms with Gasteiger partial charge in [-0.1, -0.05) is 18.2 Å². The average molecular weight is 383 g/mol. The number of aliphatic hydroxyl groups excluding tert-OH is 1. The van der Waals surface area contributed by atoms with Crippen molar-refractivity contribution in [1.82, 2.24) is 15.4 Å². The lowest BCUT2D eigenvalue weighted by atomic mass is 10.0. The third-order valence-electron chi connectivity index (χ3n) is 5.75. The van der Waals surface area contributed by atoms with E-state index in [9.17, 15) is 9.90 Å². The van der Waals surface area contributed by atoms with Crippen molar-refractivity contribution in [2.75, 3.05) is 19.7 Å². The Morgan fingerprint density at radius 1 is 1.36 bits per heavy atom. The molecule has 0 fully saturated rings. The summed E-state index contributed by atoms with van der Waals surface area (Å²) < 4.78 is 0. The fourth-order valence-corrected chi connectivity index (χ4v) is 4.04. The highest BCUT2D eigenvalue weighted by molar-refractivity contribution is 5.90. The van der Waals surface area contributed by atoms with E-state index >= 15 is 0 Å². The minimum absolute atomic E-state index is 0.147. The number of amides is 1. The van der Waals surface area contributed by atoms with Crippen molar-refractivity contribution in [1.29, 1.82) is 0 Å². The Kier molecular flexibility index (Phi) is 6.67. The van der Waals surface area contributed by atoms with Crippen molar-refractivity contribution < 1.29 is 15.1 Å². The second-order valence-electron chi connectivity index (χ2n) is 7.40. The van der Waals surface area contributed by atoms with E-state index in [4.69, 9.17) is 5.21 Å². The molecule has 1 amide bonds. The standard InChI is InChI=1S/C22H29N3O3/c1-15-16(2)23-14-19(15)9-10-25(11-12-26)21-7-5-18-13-17(3-6-20(18)21)4-8-22(27)24-28/h3-4,6,8,13-14,21,23,26,28H,5,7,9-12H2,1-2H3,(H,24,27). The van der Waals surface area contributed by atoms with E-state index < -0.39 is 5.91 Å². The van der Waals surface area contributed by atoms with E-state index in [1.54, 1.807) is 11.6 Å². The number of fused-ring (bicyclic) bond motifs is 1. The zero-order chi connectivity index (χ0) is 20.1. The van der Waals surface area contributed by atoms with E-state index in [2.05, 4.69) is 42.1 Å². The average Bonchev–Trinajstić information content (AvgIpc) is 3.26. The molecule has 2 aromatic rings. The summed E-state index contributed by atoms with van der Waals surface area (Å²) >= 11 is 0. The summed E-state index contributed by atoms with van der Waals surface area (Å²) in [5.74, 6) is -0.539. The molecule has 1 aliphatic carbocycles. The molecular weight excluding hydrogens is 354 g/mol. The van der Waals surface area contributed by atoms with E-state index in [1.165, 1.54) is 34.0 Å². The molecule has 3 rings (SSSR count). The van der Waals surface area contributed by atoms with E-state index in [0.717, 1.165) is 31.4 Å². The molecule has 0 spiro atoms. The fourth-order valence-electron chi connectivity index (χ4n) is 4.04. The monoisotopic (exact) mass is 383 g/mol. The van der Waals surface area contributed by atoms with Crippen LogP contribution in [0.15, 0.2) is 30.5 Å². The van der Waals surface area contributed by atoms with Crippen molar-refractivity contribution in [3.8, 4) is 0 Å². The SMILES string of the molecule is Cc1[nH]cc(CCN(CCO)C2CCc3cc(C=CC(=O)NO)ccc32)c1C. The molecule has 1 heterocycles. The van der Waals surface area contributed by atoms with Gasteiger partial charge in [0.25, 0.3) is 5.91 Å². The lowest BCUT2D eigenvalue weighted by Crippen LogP contribution is -2.32. The zero-order valence-corrected chi connectivity index (χ0v) is 16.5. The van der Waals surface area contributed by atoms with Crippen molar-refractivity contribution in [2.45, 2.75) is 39.2 Å². The number of hydroxylamine groups is 1. The van der Waals surface area contributed by atoms with Crippen LogP contribution in [0.1, 0.15) is 46.0 Å². The molecule has 1 unspecified atom stereocenters. The minimum atomic E-state index is -0.539. The van der Waals surface area contributed by atoms with Crippen LogP contribution < -0.4 is 5.48 Å². The van der Waals surface area contributed by atoms with Gasteiger partial charge in [-0.2, -0.15) is 0 Å². The largest absolute Gasteiger partial charge is 0.395 e. The van der Waals surface area contributed by atoms with Crippen molar-refractivity contribution in [3.63, 3.8) is 0 Å². The molecule has 1 aromatic heterocycles. The van der Waals surface area contributed by atoms with Gasteiger partial charge in [0.1, 0.15) is 0 Å². The van der Waals surface area contributed by atoms with Crippen molar-refractivity contribution in [2.24, 2.45) is 0 Å². The predicted octanol–water partition coefficient (Wildman–Crippen LogP) is 2.67. The first-order valence-corrected chi connectivity index (χ1v) is 9.76. The van der Waals surface area contributed by atoms with Gasteiger partial charge in [0.2, 0.25) is 0 Å². The Morgan fingerprint density at radius 3 is 2.86 bits per heavy atom. The molecule has 6 nitrogen and oxygen atoms in total. The molecular formula is C22H29N3O3. The smallest absolute Gasteiger partial charge is 0.267 e. The van der Waals surface area contributed by atoms with Crippen LogP contribution in [0.25, 0.3) is 6.08 Å². The molecule has 0 saturated heterocycles. The predicted molar refractivity (Wildman–Crippen MR) is 109 cm³/mol. The second kappa shape index (κ2) is 9.19. The highest BCUT2D eigenvalue weighted by Crippen LogP contribution is 2.36. The van der Waals surface area contributed by atoms with Gasteiger partial charge in [0, 0.05) is 37.1 Å². The third-order valence-corrected chi connectivity index (χ3v) is 5.75. The molecule has 1 atom stereocenters. The van der Waals surface area contributed by atoms with Crippen LogP contribution in [0.4, 0.5) is 0 Å². The Labute approximate surface area is 165 Å². The lowest BCUT2D eigenvalue weighted by Gasteiger charge is -2.29. The van der Waals surface area contributed by atoms with Gasteiger partial charge in [-0.25, -0.2) is 5.48 Å². The number of aliphatic hydroxyl groups is 1. The third kappa shape index (κ3) is 4.52. The highest BCUT2D eigenvalue weighted by Gasteiger charge is 2.27. The zero-order valence-electron chi connectivity index (χ0n) is 16.5. The first kappa shape index (κ1) is 20.3. The quantitative estimate of drug-likeness (QED) is 0.321. The number of carbonyl (C=O) groups excluding carboxylic acids is 1. The Morgan fingerprint density at radius 2 is 2.18 bits per heavy atom. The highest BCUT2D eigenvalue weighted by atomic mass is 16.5. The Balaban J connectivity index is 1.72. The summed E-state index contributed by atoms with van der Waals surface area (Å²) in [6, 6.07) is 6.53. The van der Waals surface area contributed by atoms with Crippen LogP contribution in [0, 0.1) is 13.8 Å². The van der Waals surface area contributed by atoms with Crippen LogP contribution in [-0.4, -0.2) is 45.8 Å². The van der Waals surface area contributed by atoms with E-state index in [0.29, 0.717) is 12.6 Å². The van der Waals surface area contributed by atoms with Gasteiger partial charge in [0.15, 0.2) is 0 Å². The normalized spacial score (nSPS) is 16.1. The molecule has 28 heavy (non-hydrogen) atoms. The summed E-state index contributed by atoms with van der Waals surface area (Å²) in [5.41, 5.74) is 8.99. The maximum absolute atomic E-state index is 11.2. The molecule has 4 N–H and O–H groups in total. The fraction of sp³-hybridized carbons (Fsp3) is 0.409. The molecule has 0 saturated carbocycles. The minimum Gasteiger partial charge on any atom is -0.395 e. The number of aromatic nitrogens is 1. The lowest BCUT2D eigenvalue weighted by molar-refractivity contribution is -0.124. The molecule has 0 aliphatic heterocycles. The maximum Gasteiger partial charge on any atom is 0.267 e. The van der Waals surface area contributed by atoms with Crippen LogP contribution in [0.2, 0.25) is 0 Å². The summed E-state index contributed by atoms with van der Waals surface area (Å²) in [7, 11) is 0. The van der Waals surface area contributed by atoms with Gasteiger partial charge in [-0.15, -0.1) is 0 Å². The Bertz CT molecular complexity index is 857. The number of H-pyrrole nitrogens is 1. The molecule has 0 radical (unpaired) electrons. The van der Waals surface area contributed by atoms with Gasteiger partial charge < -0.3 is 10.1 Å². The van der Waals surface area contributed by atoms with Crippen LogP contribution in [0.3, 0.4) is 0 Å². The number of hydrogen-bond donors (Lipinski definition) is 4. The summed E-state index contributed by atoms with van der Waals surface area (Å²) in [5, 5.41) is 18.2. The Hall–Kier alpha value is -2.41. The van der Waals surface area contributed by atoms with Gasteiger partial charge >= 0.3 is 0 Å². The van der Waals surface area contributed by atoms with Crippen molar-refractivity contribution >= 4 is 12.0 Å². The van der Waals surface area contributed by atoms with Gasteiger partial charge in [-0.3, -0.25) is 14.9 Å². The number of rotatable bonds is 8.